The van der Waals surface area contributed by atoms with Crippen LogP contribution in [0.2, 0.25) is 0 Å². The number of anilines is 2. The van der Waals surface area contributed by atoms with Gasteiger partial charge in [0.15, 0.2) is 0 Å². The van der Waals surface area contributed by atoms with Crippen molar-refractivity contribution in [2.45, 2.75) is 39.3 Å². The first-order chi connectivity index (χ1) is 17.0. The maximum Gasteiger partial charge on any atom is 0.238 e. The minimum atomic E-state index is 0.00874. The van der Waals surface area contributed by atoms with Crippen molar-refractivity contribution in [2.75, 3.05) is 56.0 Å². The second-order valence-corrected chi connectivity index (χ2v) is 10.1. The molecule has 0 radical (unpaired) electrons. The van der Waals surface area contributed by atoms with Gasteiger partial charge < -0.3 is 15.5 Å². The highest BCUT2D eigenvalue weighted by Gasteiger charge is 2.23. The fourth-order valence-corrected chi connectivity index (χ4v) is 4.77. The van der Waals surface area contributed by atoms with Crippen LogP contribution in [0.5, 0.6) is 0 Å². The minimum Gasteiger partial charge on any atom is -0.369 e. The molecule has 2 amide bonds. The fraction of sp³-hybridized carbons (Fsp3) is 0.500. The number of hydrogen-bond acceptors (Lipinski definition) is 5. The topological polar surface area (TPSA) is 67.9 Å². The van der Waals surface area contributed by atoms with E-state index in [0.717, 1.165) is 64.3 Å². The SMILES string of the molecule is CC(C)C(=O)NC1CCN(CC(=O)Nc2ccc(N3CCN(Cc4ccccc4)CC3)cc2)CC1. The number of benzene rings is 2. The van der Waals surface area contributed by atoms with Gasteiger partial charge in [-0.25, -0.2) is 0 Å². The zero-order valence-electron chi connectivity index (χ0n) is 21.1. The number of nitrogens with zero attached hydrogens (tertiary/aromatic N) is 3. The first kappa shape index (κ1) is 25.2. The van der Waals surface area contributed by atoms with E-state index in [0.29, 0.717) is 6.54 Å². The molecule has 0 unspecified atom stereocenters. The monoisotopic (exact) mass is 477 g/mol. The Bertz CT molecular complexity index is 947. The summed E-state index contributed by atoms with van der Waals surface area (Å²) >= 11 is 0. The van der Waals surface area contributed by atoms with E-state index in [-0.39, 0.29) is 23.8 Å². The minimum absolute atomic E-state index is 0.00874. The molecule has 7 nitrogen and oxygen atoms in total. The molecule has 2 aromatic rings. The van der Waals surface area contributed by atoms with Gasteiger partial charge >= 0.3 is 0 Å². The van der Waals surface area contributed by atoms with Crippen LogP contribution in [0.3, 0.4) is 0 Å². The van der Waals surface area contributed by atoms with E-state index in [1.165, 1.54) is 11.3 Å². The van der Waals surface area contributed by atoms with Crippen LogP contribution < -0.4 is 15.5 Å². The molecule has 0 saturated carbocycles. The number of piperazine rings is 1. The lowest BCUT2D eigenvalue weighted by atomic mass is 10.0. The Hall–Kier alpha value is -2.90. The van der Waals surface area contributed by atoms with Crippen LogP contribution in [0.1, 0.15) is 32.3 Å². The number of piperidine rings is 1. The van der Waals surface area contributed by atoms with Crippen molar-refractivity contribution >= 4 is 23.2 Å². The molecule has 188 valence electrons. The quantitative estimate of drug-likeness (QED) is 0.611. The Morgan fingerprint density at radius 2 is 1.51 bits per heavy atom. The zero-order valence-corrected chi connectivity index (χ0v) is 21.1. The molecule has 0 aromatic heterocycles. The maximum atomic E-state index is 12.6. The maximum absolute atomic E-state index is 12.6. The Morgan fingerprint density at radius 1 is 0.857 bits per heavy atom. The lowest BCUT2D eigenvalue weighted by Gasteiger charge is -2.36. The summed E-state index contributed by atoms with van der Waals surface area (Å²) in [6.45, 7) is 11.0. The van der Waals surface area contributed by atoms with Gasteiger partial charge in [0.1, 0.15) is 0 Å². The molecule has 2 aliphatic rings. The van der Waals surface area contributed by atoms with Crippen molar-refractivity contribution in [1.82, 2.24) is 15.1 Å². The fourth-order valence-electron chi connectivity index (χ4n) is 4.77. The summed E-state index contributed by atoms with van der Waals surface area (Å²) < 4.78 is 0. The van der Waals surface area contributed by atoms with E-state index in [2.05, 4.69) is 67.8 Å². The van der Waals surface area contributed by atoms with Crippen LogP contribution in [0.4, 0.5) is 11.4 Å². The van der Waals surface area contributed by atoms with E-state index >= 15 is 0 Å². The van der Waals surface area contributed by atoms with Gasteiger partial charge in [0.25, 0.3) is 0 Å². The predicted octanol–water partition coefficient (Wildman–Crippen LogP) is 3.18. The van der Waals surface area contributed by atoms with Crippen LogP contribution in [0.15, 0.2) is 54.6 Å². The summed E-state index contributed by atoms with van der Waals surface area (Å²) in [5.74, 6) is 0.130. The molecule has 2 aromatic carbocycles. The van der Waals surface area contributed by atoms with Crippen LogP contribution in [-0.2, 0) is 16.1 Å². The molecule has 7 heteroatoms. The summed E-state index contributed by atoms with van der Waals surface area (Å²) in [7, 11) is 0. The third-order valence-corrected chi connectivity index (χ3v) is 6.96. The molecule has 0 atom stereocenters. The van der Waals surface area contributed by atoms with Crippen molar-refractivity contribution in [3.8, 4) is 0 Å². The molecule has 2 heterocycles. The largest absolute Gasteiger partial charge is 0.369 e. The number of likely N-dealkylation sites (tertiary alicyclic amines) is 1. The average molecular weight is 478 g/mol. The van der Waals surface area contributed by atoms with Crippen molar-refractivity contribution in [1.29, 1.82) is 0 Å². The van der Waals surface area contributed by atoms with Crippen molar-refractivity contribution in [3.63, 3.8) is 0 Å². The van der Waals surface area contributed by atoms with E-state index in [9.17, 15) is 9.59 Å². The van der Waals surface area contributed by atoms with E-state index in [4.69, 9.17) is 0 Å². The molecule has 2 N–H and O–H groups in total. The molecule has 0 bridgehead atoms. The molecule has 4 rings (SSSR count). The molecule has 2 saturated heterocycles. The van der Waals surface area contributed by atoms with Gasteiger partial charge in [-0.05, 0) is 42.7 Å². The van der Waals surface area contributed by atoms with Crippen LogP contribution in [0, 0.1) is 5.92 Å². The molecule has 0 spiro atoms. The molecule has 2 aliphatic heterocycles. The number of carbonyl (C=O) groups excluding carboxylic acids is 2. The first-order valence-corrected chi connectivity index (χ1v) is 12.9. The summed E-state index contributed by atoms with van der Waals surface area (Å²) in [4.78, 5) is 31.5. The molecule has 2 fully saturated rings. The zero-order chi connectivity index (χ0) is 24.6. The molecular formula is C28H39N5O2. The number of rotatable bonds is 8. The smallest absolute Gasteiger partial charge is 0.238 e. The average Bonchev–Trinajstić information content (AvgIpc) is 2.87. The Labute approximate surface area is 209 Å². The standard InChI is InChI=1S/C28H39N5O2/c1-22(2)28(35)30-25-12-14-31(15-13-25)21-27(34)29-24-8-10-26(11-9-24)33-18-16-32(17-19-33)20-23-6-4-3-5-7-23/h3-11,22,25H,12-21H2,1-2H3,(H,29,34)(H,30,35). The Kier molecular flexibility index (Phi) is 8.77. The molecule has 35 heavy (non-hydrogen) atoms. The van der Waals surface area contributed by atoms with Gasteiger partial charge in [0.05, 0.1) is 6.54 Å². The van der Waals surface area contributed by atoms with E-state index in [1.807, 2.05) is 26.0 Å². The van der Waals surface area contributed by atoms with Crippen molar-refractivity contribution in [3.05, 3.63) is 60.2 Å². The summed E-state index contributed by atoms with van der Waals surface area (Å²) in [5.41, 5.74) is 3.40. The highest BCUT2D eigenvalue weighted by Crippen LogP contribution is 2.20. The molecular weight excluding hydrogens is 438 g/mol. The normalized spacial score (nSPS) is 18.0. The highest BCUT2D eigenvalue weighted by atomic mass is 16.2. The molecule has 0 aliphatic carbocycles. The lowest BCUT2D eigenvalue weighted by Crippen LogP contribution is -2.47. The van der Waals surface area contributed by atoms with Crippen LogP contribution >= 0.6 is 0 Å². The van der Waals surface area contributed by atoms with Crippen LogP contribution in [-0.4, -0.2) is 73.5 Å². The van der Waals surface area contributed by atoms with Gasteiger partial charge in [-0.1, -0.05) is 44.2 Å². The number of hydrogen-bond donors (Lipinski definition) is 2. The van der Waals surface area contributed by atoms with Gasteiger partial charge in [0.2, 0.25) is 11.8 Å². The van der Waals surface area contributed by atoms with Crippen LogP contribution in [0.25, 0.3) is 0 Å². The third kappa shape index (κ3) is 7.54. The highest BCUT2D eigenvalue weighted by molar-refractivity contribution is 5.92. The van der Waals surface area contributed by atoms with Crippen molar-refractivity contribution < 1.29 is 9.59 Å². The summed E-state index contributed by atoms with van der Waals surface area (Å²) in [6, 6.07) is 19.1. The Balaban J connectivity index is 1.17. The first-order valence-electron chi connectivity index (χ1n) is 12.9. The number of amides is 2. The summed E-state index contributed by atoms with van der Waals surface area (Å²) in [5, 5.41) is 6.14. The van der Waals surface area contributed by atoms with Gasteiger partial charge in [-0.3, -0.25) is 19.4 Å². The predicted molar refractivity (Wildman–Crippen MR) is 141 cm³/mol. The Morgan fingerprint density at radius 3 is 2.14 bits per heavy atom. The third-order valence-electron chi connectivity index (χ3n) is 6.96. The van der Waals surface area contributed by atoms with Gasteiger partial charge in [-0.2, -0.15) is 0 Å². The lowest BCUT2D eigenvalue weighted by molar-refractivity contribution is -0.125. The van der Waals surface area contributed by atoms with E-state index < -0.39 is 0 Å². The second kappa shape index (κ2) is 12.2. The van der Waals surface area contributed by atoms with Gasteiger partial charge in [0, 0.05) is 69.1 Å². The summed E-state index contributed by atoms with van der Waals surface area (Å²) in [6.07, 6.45) is 1.78. The number of nitrogens with one attached hydrogen (secondary N) is 2. The van der Waals surface area contributed by atoms with E-state index in [1.54, 1.807) is 0 Å². The van der Waals surface area contributed by atoms with Crippen molar-refractivity contribution in [2.24, 2.45) is 5.92 Å². The van der Waals surface area contributed by atoms with Gasteiger partial charge in [-0.15, -0.1) is 0 Å². The second-order valence-electron chi connectivity index (χ2n) is 10.1. The number of carbonyl (C=O) groups is 2.